The molecule has 2 heterocycles. The molecule has 10 heteroatoms. The molecule has 1 atom stereocenters. The fourth-order valence-electron chi connectivity index (χ4n) is 2.72. The minimum absolute atomic E-state index is 0.175. The van der Waals surface area contributed by atoms with Crippen molar-refractivity contribution in [3.63, 3.8) is 0 Å². The van der Waals surface area contributed by atoms with Crippen molar-refractivity contribution in [2.24, 2.45) is 7.05 Å². The maximum absolute atomic E-state index is 12.3. The Morgan fingerprint density at radius 3 is 2.75 bits per heavy atom. The van der Waals surface area contributed by atoms with Crippen LogP contribution in [0.5, 0.6) is 0 Å². The lowest BCUT2D eigenvalue weighted by molar-refractivity contribution is -0.125. The molecule has 148 valence electrons. The Balaban J connectivity index is 1.56. The van der Waals surface area contributed by atoms with Crippen LogP contribution in [0.1, 0.15) is 12.5 Å². The van der Waals surface area contributed by atoms with Crippen LogP contribution in [0.3, 0.4) is 0 Å². The molecule has 0 saturated carbocycles. The molecule has 3 amide bonds. The van der Waals surface area contributed by atoms with Gasteiger partial charge in [0.25, 0.3) is 5.24 Å². The predicted octanol–water partition coefficient (Wildman–Crippen LogP) is 2.08. The van der Waals surface area contributed by atoms with Crippen molar-refractivity contribution in [2.45, 2.75) is 24.3 Å². The second-order valence-corrected chi connectivity index (χ2v) is 8.57. The number of nitrogens with zero attached hydrogens (tertiary/aromatic N) is 4. The maximum Gasteiger partial charge on any atom is 0.288 e. The van der Waals surface area contributed by atoms with Gasteiger partial charge in [0, 0.05) is 25.7 Å². The molecule has 0 radical (unpaired) electrons. The highest BCUT2D eigenvalue weighted by Gasteiger charge is 2.29. The van der Waals surface area contributed by atoms with Crippen LogP contribution in [0.15, 0.2) is 29.4 Å². The van der Waals surface area contributed by atoms with Gasteiger partial charge in [0.15, 0.2) is 11.0 Å². The summed E-state index contributed by atoms with van der Waals surface area (Å²) < 4.78 is 1.87. The average molecular weight is 420 g/mol. The Morgan fingerprint density at radius 1 is 1.32 bits per heavy atom. The van der Waals surface area contributed by atoms with E-state index < -0.39 is 5.25 Å². The van der Waals surface area contributed by atoms with Gasteiger partial charge >= 0.3 is 0 Å². The average Bonchev–Trinajstić information content (AvgIpc) is 3.18. The molecule has 0 unspecified atom stereocenters. The van der Waals surface area contributed by atoms with E-state index in [9.17, 15) is 14.4 Å². The molecule has 1 N–H and O–H groups in total. The molecule has 2 aromatic rings. The van der Waals surface area contributed by atoms with Crippen molar-refractivity contribution in [3.8, 4) is 11.4 Å². The number of carbonyl (C=O) groups is 3. The van der Waals surface area contributed by atoms with Crippen molar-refractivity contribution >= 4 is 40.6 Å². The molecule has 0 bridgehead atoms. The SMILES string of the molecule is Cc1ccccc1-c1nnc(S[C@@H](C)C(=O)NCCN2C(=O)CSC2=O)n1C. The number of imide groups is 1. The van der Waals surface area contributed by atoms with Gasteiger partial charge in [0.2, 0.25) is 11.8 Å². The molecular formula is C18H21N5O3S2. The molecule has 1 aliphatic rings. The van der Waals surface area contributed by atoms with Gasteiger partial charge < -0.3 is 9.88 Å². The Kier molecular flexibility index (Phi) is 6.40. The van der Waals surface area contributed by atoms with Crippen LogP contribution >= 0.6 is 23.5 Å². The van der Waals surface area contributed by atoms with Gasteiger partial charge in [-0.15, -0.1) is 10.2 Å². The third-order valence-corrected chi connectivity index (χ3v) is 6.34. The lowest BCUT2D eigenvalue weighted by atomic mass is 10.1. The van der Waals surface area contributed by atoms with E-state index >= 15 is 0 Å². The Labute approximate surface area is 171 Å². The van der Waals surface area contributed by atoms with Crippen molar-refractivity contribution in [3.05, 3.63) is 29.8 Å². The summed E-state index contributed by atoms with van der Waals surface area (Å²) in [6.07, 6.45) is 0. The van der Waals surface area contributed by atoms with Crippen LogP contribution in [0.4, 0.5) is 4.79 Å². The Bertz CT molecular complexity index is 898. The van der Waals surface area contributed by atoms with Crippen molar-refractivity contribution < 1.29 is 14.4 Å². The first-order chi connectivity index (χ1) is 13.4. The molecular weight excluding hydrogens is 398 g/mol. The Hall–Kier alpha value is -2.33. The summed E-state index contributed by atoms with van der Waals surface area (Å²) in [7, 11) is 1.87. The molecule has 1 aromatic carbocycles. The number of thioether (sulfide) groups is 2. The van der Waals surface area contributed by atoms with Gasteiger partial charge in [-0.05, 0) is 19.4 Å². The fraction of sp³-hybridized carbons (Fsp3) is 0.389. The first kappa shape index (κ1) is 20.4. The quantitative estimate of drug-likeness (QED) is 0.686. The van der Waals surface area contributed by atoms with Crippen LogP contribution in [-0.2, 0) is 16.6 Å². The third-order valence-electron chi connectivity index (χ3n) is 4.35. The predicted molar refractivity (Wildman–Crippen MR) is 109 cm³/mol. The van der Waals surface area contributed by atoms with E-state index in [4.69, 9.17) is 0 Å². The summed E-state index contributed by atoms with van der Waals surface area (Å²) in [6.45, 7) is 4.22. The zero-order valence-corrected chi connectivity index (χ0v) is 17.5. The topological polar surface area (TPSA) is 97.2 Å². The van der Waals surface area contributed by atoms with E-state index in [1.807, 2.05) is 42.8 Å². The summed E-state index contributed by atoms with van der Waals surface area (Å²) in [5.41, 5.74) is 2.10. The minimum atomic E-state index is -0.396. The highest BCUT2D eigenvalue weighted by atomic mass is 32.2. The van der Waals surface area contributed by atoms with Crippen molar-refractivity contribution in [2.75, 3.05) is 18.8 Å². The standard InChI is InChI=1S/C18H21N5O3S2/c1-11-6-4-5-7-13(11)15-20-21-17(22(15)3)28-12(2)16(25)19-8-9-23-14(24)10-27-18(23)26/h4-7,12H,8-10H2,1-3H3,(H,19,25)/t12-/m0/s1. The largest absolute Gasteiger partial charge is 0.353 e. The number of aromatic nitrogens is 3. The molecule has 1 aromatic heterocycles. The highest BCUT2D eigenvalue weighted by Crippen LogP contribution is 2.27. The second kappa shape index (κ2) is 8.78. The molecule has 1 aliphatic heterocycles. The van der Waals surface area contributed by atoms with E-state index in [1.165, 1.54) is 16.7 Å². The van der Waals surface area contributed by atoms with E-state index in [0.717, 1.165) is 28.7 Å². The van der Waals surface area contributed by atoms with Crippen LogP contribution < -0.4 is 5.32 Å². The first-order valence-corrected chi connectivity index (χ1v) is 10.6. The monoisotopic (exact) mass is 419 g/mol. The van der Waals surface area contributed by atoms with Crippen LogP contribution in [0, 0.1) is 6.92 Å². The van der Waals surface area contributed by atoms with Gasteiger partial charge in [-0.2, -0.15) is 0 Å². The van der Waals surface area contributed by atoms with Gasteiger partial charge in [-0.1, -0.05) is 47.8 Å². The molecule has 3 rings (SSSR count). The summed E-state index contributed by atoms with van der Waals surface area (Å²) in [5, 5.41) is 11.2. The molecule has 0 aliphatic carbocycles. The number of hydrogen-bond donors (Lipinski definition) is 1. The lowest BCUT2D eigenvalue weighted by Gasteiger charge is -2.15. The zero-order chi connectivity index (χ0) is 20.3. The normalized spacial score (nSPS) is 15.2. The van der Waals surface area contributed by atoms with Gasteiger partial charge in [0.1, 0.15) is 0 Å². The second-order valence-electron chi connectivity index (χ2n) is 6.33. The third kappa shape index (κ3) is 4.39. The number of amides is 3. The fourth-order valence-corrected chi connectivity index (χ4v) is 4.31. The highest BCUT2D eigenvalue weighted by molar-refractivity contribution is 8.14. The molecule has 1 saturated heterocycles. The maximum atomic E-state index is 12.3. The number of carbonyl (C=O) groups excluding carboxylic acids is 3. The zero-order valence-electron chi connectivity index (χ0n) is 15.8. The molecule has 28 heavy (non-hydrogen) atoms. The number of rotatable bonds is 7. The number of nitrogens with one attached hydrogen (secondary N) is 1. The van der Waals surface area contributed by atoms with Crippen LogP contribution in [-0.4, -0.2) is 60.8 Å². The summed E-state index contributed by atoms with van der Waals surface area (Å²) in [4.78, 5) is 36.6. The van der Waals surface area contributed by atoms with E-state index in [0.29, 0.717) is 5.16 Å². The summed E-state index contributed by atoms with van der Waals surface area (Å²) >= 11 is 2.30. The van der Waals surface area contributed by atoms with Gasteiger partial charge in [0.05, 0.1) is 11.0 Å². The number of hydrogen-bond acceptors (Lipinski definition) is 7. The summed E-state index contributed by atoms with van der Waals surface area (Å²) in [5.74, 6) is 0.525. The first-order valence-electron chi connectivity index (χ1n) is 8.75. The van der Waals surface area contributed by atoms with Crippen molar-refractivity contribution in [1.82, 2.24) is 25.0 Å². The van der Waals surface area contributed by atoms with E-state index in [1.54, 1.807) is 6.92 Å². The number of aryl methyl sites for hydroxylation is 1. The summed E-state index contributed by atoms with van der Waals surface area (Å²) in [6, 6.07) is 7.93. The van der Waals surface area contributed by atoms with Gasteiger partial charge in [-0.25, -0.2) is 0 Å². The number of benzene rings is 1. The molecule has 0 spiro atoms. The van der Waals surface area contributed by atoms with E-state index in [-0.39, 0.29) is 35.9 Å². The van der Waals surface area contributed by atoms with Crippen molar-refractivity contribution in [1.29, 1.82) is 0 Å². The molecule has 1 fully saturated rings. The molecule has 8 nitrogen and oxygen atoms in total. The van der Waals surface area contributed by atoms with E-state index in [2.05, 4.69) is 15.5 Å². The van der Waals surface area contributed by atoms with Crippen LogP contribution in [0.2, 0.25) is 0 Å². The van der Waals surface area contributed by atoms with Gasteiger partial charge in [-0.3, -0.25) is 19.3 Å². The van der Waals surface area contributed by atoms with Crippen LogP contribution in [0.25, 0.3) is 11.4 Å². The minimum Gasteiger partial charge on any atom is -0.353 e. The smallest absolute Gasteiger partial charge is 0.288 e. The lowest BCUT2D eigenvalue weighted by Crippen LogP contribution is -2.39. The Morgan fingerprint density at radius 2 is 2.07 bits per heavy atom.